The lowest BCUT2D eigenvalue weighted by atomic mass is 9.96. The first-order valence-corrected chi connectivity index (χ1v) is 7.41. The molecule has 1 amide bonds. The van der Waals surface area contributed by atoms with Gasteiger partial charge in [-0.2, -0.15) is 0 Å². The summed E-state index contributed by atoms with van der Waals surface area (Å²) in [6.07, 6.45) is -0.644. The molecule has 4 atom stereocenters. The number of hydrogen-bond acceptors (Lipinski definition) is 4. The van der Waals surface area contributed by atoms with Gasteiger partial charge in [-0.05, 0) is 19.4 Å². The van der Waals surface area contributed by atoms with Gasteiger partial charge in [-0.3, -0.25) is 9.69 Å². The summed E-state index contributed by atoms with van der Waals surface area (Å²) < 4.78 is 5.38. The third-order valence-electron chi connectivity index (χ3n) is 4.06. The number of rotatable bonds is 5. The molecule has 2 rings (SSSR count). The zero-order valence-electron chi connectivity index (χ0n) is 12.8. The first kappa shape index (κ1) is 16.3. The largest absolute Gasteiger partial charge is 0.481 e. The molecule has 0 spiro atoms. The van der Waals surface area contributed by atoms with Gasteiger partial charge in [-0.1, -0.05) is 30.3 Å². The first-order valence-electron chi connectivity index (χ1n) is 7.41. The van der Waals surface area contributed by atoms with E-state index in [-0.39, 0.29) is 18.5 Å². The normalized spacial score (nSPS) is 24.5. The molecule has 0 aromatic heterocycles. The summed E-state index contributed by atoms with van der Waals surface area (Å²) in [5.41, 5.74) is 6.75. The van der Waals surface area contributed by atoms with Crippen LogP contribution in [0.3, 0.4) is 0 Å². The Morgan fingerprint density at radius 1 is 1.41 bits per heavy atom. The molecule has 22 heavy (non-hydrogen) atoms. The molecule has 120 valence electrons. The molecule has 1 aromatic carbocycles. The molecule has 0 unspecified atom stereocenters. The molecule has 6 nitrogen and oxygen atoms in total. The van der Waals surface area contributed by atoms with Crippen LogP contribution in [0.1, 0.15) is 38.3 Å². The van der Waals surface area contributed by atoms with Crippen LogP contribution in [0, 0.1) is 0 Å². The van der Waals surface area contributed by atoms with Crippen LogP contribution in [0.5, 0.6) is 0 Å². The van der Waals surface area contributed by atoms with Crippen molar-refractivity contribution < 1.29 is 19.4 Å². The summed E-state index contributed by atoms with van der Waals surface area (Å²) in [6, 6.07) is 8.48. The highest BCUT2D eigenvalue weighted by Gasteiger charge is 2.40. The van der Waals surface area contributed by atoms with Crippen molar-refractivity contribution in [1.82, 2.24) is 4.90 Å². The number of carbonyl (C=O) groups is 2. The van der Waals surface area contributed by atoms with Gasteiger partial charge in [0.15, 0.2) is 0 Å². The number of ether oxygens (including phenoxy) is 1. The molecular weight excluding hydrogens is 284 g/mol. The van der Waals surface area contributed by atoms with Crippen LogP contribution in [-0.2, 0) is 9.53 Å². The van der Waals surface area contributed by atoms with Crippen LogP contribution in [0.2, 0.25) is 0 Å². The van der Waals surface area contributed by atoms with E-state index < -0.39 is 24.2 Å². The van der Waals surface area contributed by atoms with E-state index >= 15 is 0 Å². The van der Waals surface area contributed by atoms with Gasteiger partial charge >= 0.3 is 12.1 Å². The van der Waals surface area contributed by atoms with Crippen LogP contribution < -0.4 is 5.73 Å². The average Bonchev–Trinajstić information content (AvgIpc) is 2.46. The molecule has 1 aliphatic heterocycles. The number of cyclic esters (lactones) is 1. The fourth-order valence-electron chi connectivity index (χ4n) is 2.84. The minimum absolute atomic E-state index is 0.116. The summed E-state index contributed by atoms with van der Waals surface area (Å²) in [5, 5.41) is 9.14. The lowest BCUT2D eigenvalue weighted by molar-refractivity contribution is -0.139. The summed E-state index contributed by atoms with van der Waals surface area (Å²) in [4.78, 5) is 25.0. The topological polar surface area (TPSA) is 92.9 Å². The SMILES string of the molecule is C[C@H](c1ccccc1)N1C(=O)O[C@@H]([C@@H](C)N)C[C@@H]1CC(=O)O. The quantitative estimate of drug-likeness (QED) is 0.869. The van der Waals surface area contributed by atoms with Crippen molar-refractivity contribution in [3.63, 3.8) is 0 Å². The van der Waals surface area contributed by atoms with Crippen LogP contribution in [0.4, 0.5) is 4.79 Å². The number of nitrogens with zero attached hydrogens (tertiary/aromatic N) is 1. The second kappa shape index (κ2) is 6.79. The highest BCUT2D eigenvalue weighted by Crippen LogP contribution is 2.31. The van der Waals surface area contributed by atoms with Gasteiger partial charge in [-0.15, -0.1) is 0 Å². The second-order valence-corrected chi connectivity index (χ2v) is 5.76. The van der Waals surface area contributed by atoms with E-state index in [2.05, 4.69) is 0 Å². The molecule has 1 aliphatic rings. The maximum atomic E-state index is 12.4. The predicted octanol–water partition coefficient (Wildman–Crippen LogP) is 2.15. The van der Waals surface area contributed by atoms with Gasteiger partial charge in [-0.25, -0.2) is 4.79 Å². The predicted molar refractivity (Wildman–Crippen MR) is 81.3 cm³/mol. The molecule has 3 N–H and O–H groups in total. The maximum Gasteiger partial charge on any atom is 0.410 e. The minimum atomic E-state index is -0.937. The zero-order chi connectivity index (χ0) is 16.3. The van der Waals surface area contributed by atoms with Gasteiger partial charge in [0.05, 0.1) is 12.5 Å². The van der Waals surface area contributed by atoms with E-state index in [0.717, 1.165) is 5.56 Å². The lowest BCUT2D eigenvalue weighted by Crippen LogP contribution is -2.54. The molecule has 6 heteroatoms. The molecule has 1 saturated heterocycles. The van der Waals surface area contributed by atoms with E-state index in [1.807, 2.05) is 37.3 Å². The summed E-state index contributed by atoms with van der Waals surface area (Å²) >= 11 is 0. The van der Waals surface area contributed by atoms with Crippen molar-refractivity contribution >= 4 is 12.1 Å². The Morgan fingerprint density at radius 3 is 2.59 bits per heavy atom. The van der Waals surface area contributed by atoms with E-state index in [1.54, 1.807) is 6.92 Å². The number of aliphatic carboxylic acids is 1. The van der Waals surface area contributed by atoms with Crippen molar-refractivity contribution in [1.29, 1.82) is 0 Å². The number of nitrogens with two attached hydrogens (primary N) is 1. The Kier molecular flexibility index (Phi) is 5.03. The Balaban J connectivity index is 2.26. The molecule has 0 bridgehead atoms. The van der Waals surface area contributed by atoms with E-state index in [0.29, 0.717) is 6.42 Å². The molecular formula is C16H22N2O4. The summed E-state index contributed by atoms with van der Waals surface area (Å²) in [7, 11) is 0. The number of amides is 1. The molecule has 1 aromatic rings. The van der Waals surface area contributed by atoms with Crippen molar-refractivity contribution in [2.24, 2.45) is 5.73 Å². The smallest absolute Gasteiger partial charge is 0.410 e. The Bertz CT molecular complexity index is 532. The van der Waals surface area contributed by atoms with Crippen molar-refractivity contribution in [2.75, 3.05) is 0 Å². The van der Waals surface area contributed by atoms with Crippen molar-refractivity contribution in [3.8, 4) is 0 Å². The number of benzene rings is 1. The molecule has 0 aliphatic carbocycles. The highest BCUT2D eigenvalue weighted by molar-refractivity contribution is 5.73. The van der Waals surface area contributed by atoms with Gasteiger partial charge in [0.1, 0.15) is 6.10 Å². The maximum absolute atomic E-state index is 12.4. The monoisotopic (exact) mass is 306 g/mol. The molecule has 0 radical (unpaired) electrons. The van der Waals surface area contributed by atoms with Gasteiger partial charge < -0.3 is 15.6 Å². The van der Waals surface area contributed by atoms with Crippen LogP contribution >= 0.6 is 0 Å². The van der Waals surface area contributed by atoms with Crippen molar-refractivity contribution in [2.45, 2.75) is 50.9 Å². The summed E-state index contributed by atoms with van der Waals surface area (Å²) in [5.74, 6) is -0.937. The van der Waals surface area contributed by atoms with Gasteiger partial charge in [0.2, 0.25) is 0 Å². The fraction of sp³-hybridized carbons (Fsp3) is 0.500. The van der Waals surface area contributed by atoms with Crippen LogP contribution in [0.15, 0.2) is 30.3 Å². The Labute approximate surface area is 129 Å². The fourth-order valence-corrected chi connectivity index (χ4v) is 2.84. The molecule has 0 saturated carbocycles. The van der Waals surface area contributed by atoms with E-state index in [1.165, 1.54) is 4.90 Å². The average molecular weight is 306 g/mol. The number of carboxylic acid groups (broad SMARTS) is 1. The van der Waals surface area contributed by atoms with Gasteiger partial charge in [0.25, 0.3) is 0 Å². The van der Waals surface area contributed by atoms with Crippen LogP contribution in [0.25, 0.3) is 0 Å². The first-order chi connectivity index (χ1) is 10.4. The second-order valence-electron chi connectivity index (χ2n) is 5.76. The van der Waals surface area contributed by atoms with Crippen molar-refractivity contribution in [3.05, 3.63) is 35.9 Å². The van der Waals surface area contributed by atoms with E-state index in [4.69, 9.17) is 15.6 Å². The minimum Gasteiger partial charge on any atom is -0.481 e. The number of hydrogen-bond donors (Lipinski definition) is 2. The third kappa shape index (κ3) is 3.57. The highest BCUT2D eigenvalue weighted by atomic mass is 16.6. The van der Waals surface area contributed by atoms with E-state index in [9.17, 15) is 9.59 Å². The Morgan fingerprint density at radius 2 is 2.05 bits per heavy atom. The third-order valence-corrected chi connectivity index (χ3v) is 4.06. The van der Waals surface area contributed by atoms with Crippen LogP contribution in [-0.4, -0.2) is 40.3 Å². The Hall–Kier alpha value is -2.08. The zero-order valence-corrected chi connectivity index (χ0v) is 12.8. The number of carbonyl (C=O) groups excluding carboxylic acids is 1. The summed E-state index contributed by atoms with van der Waals surface area (Å²) in [6.45, 7) is 3.63. The molecule has 1 heterocycles. The van der Waals surface area contributed by atoms with Gasteiger partial charge in [0, 0.05) is 18.5 Å². The standard InChI is InChI=1S/C16H22N2O4/c1-10(17)14-8-13(9-15(19)20)18(16(21)22-14)11(2)12-6-4-3-5-7-12/h3-7,10-11,13-14H,8-9,17H2,1-2H3,(H,19,20)/t10-,11-,13-,14-/m1/s1. The number of carboxylic acids is 1. The molecule has 1 fully saturated rings. The lowest BCUT2D eigenvalue weighted by Gasteiger charge is -2.42.